The Hall–Kier alpha value is -3.03. The van der Waals surface area contributed by atoms with E-state index in [0.717, 1.165) is 9.87 Å². The molecule has 6 nitrogen and oxygen atoms in total. The molecule has 0 aliphatic carbocycles. The Bertz CT molecular complexity index is 1100. The summed E-state index contributed by atoms with van der Waals surface area (Å²) in [6.07, 6.45) is 0. The van der Waals surface area contributed by atoms with E-state index in [-0.39, 0.29) is 22.2 Å². The number of rotatable bonds is 8. The van der Waals surface area contributed by atoms with E-state index in [9.17, 15) is 13.2 Å². The van der Waals surface area contributed by atoms with E-state index in [1.165, 1.54) is 12.1 Å². The Kier molecular flexibility index (Phi) is 6.97. The highest BCUT2D eigenvalue weighted by atomic mass is 35.5. The van der Waals surface area contributed by atoms with Crippen molar-refractivity contribution in [1.82, 2.24) is 5.32 Å². The standard InChI is InChI=1S/C22H21ClN2O4S/c1-29-18-13-11-17(12-14-18)15-24-22(26)16-25(21-10-6-5-9-20(21)23)30(27,28)19-7-3-2-4-8-19/h2-14H,15-16H2,1H3,(H,24,26). The van der Waals surface area contributed by atoms with E-state index in [2.05, 4.69) is 5.32 Å². The van der Waals surface area contributed by atoms with Gasteiger partial charge in [-0.2, -0.15) is 0 Å². The number of ether oxygens (including phenoxy) is 1. The van der Waals surface area contributed by atoms with Crippen LogP contribution in [0, 0.1) is 0 Å². The van der Waals surface area contributed by atoms with Gasteiger partial charge in [0.2, 0.25) is 5.91 Å². The van der Waals surface area contributed by atoms with Crippen LogP contribution in [0.5, 0.6) is 5.75 Å². The van der Waals surface area contributed by atoms with Crippen molar-refractivity contribution in [3.8, 4) is 5.75 Å². The van der Waals surface area contributed by atoms with Crippen molar-refractivity contribution in [1.29, 1.82) is 0 Å². The predicted molar refractivity (Wildman–Crippen MR) is 117 cm³/mol. The molecule has 0 aromatic heterocycles. The number of carbonyl (C=O) groups is 1. The Morgan fingerprint density at radius 2 is 1.60 bits per heavy atom. The summed E-state index contributed by atoms with van der Waals surface area (Å²) in [6.45, 7) is -0.151. The summed E-state index contributed by atoms with van der Waals surface area (Å²) in [4.78, 5) is 12.7. The molecule has 0 saturated carbocycles. The van der Waals surface area contributed by atoms with Crippen LogP contribution < -0.4 is 14.4 Å². The van der Waals surface area contributed by atoms with Crippen LogP contribution in [0.15, 0.2) is 83.8 Å². The molecule has 3 aromatic rings. The number of benzene rings is 3. The van der Waals surface area contributed by atoms with Gasteiger partial charge >= 0.3 is 0 Å². The number of hydrogen-bond donors (Lipinski definition) is 1. The Morgan fingerprint density at radius 1 is 0.967 bits per heavy atom. The van der Waals surface area contributed by atoms with Gasteiger partial charge in [-0.1, -0.05) is 54.1 Å². The van der Waals surface area contributed by atoms with Gasteiger partial charge in [0.25, 0.3) is 10.0 Å². The topological polar surface area (TPSA) is 75.7 Å². The second kappa shape index (κ2) is 9.65. The Labute approximate surface area is 181 Å². The maximum absolute atomic E-state index is 13.2. The lowest BCUT2D eigenvalue weighted by molar-refractivity contribution is -0.119. The van der Waals surface area contributed by atoms with Crippen LogP contribution in [0.1, 0.15) is 5.56 Å². The fourth-order valence-corrected chi connectivity index (χ4v) is 4.55. The first-order chi connectivity index (χ1) is 14.4. The molecular weight excluding hydrogens is 424 g/mol. The van der Waals surface area contributed by atoms with Gasteiger partial charge in [-0.25, -0.2) is 8.42 Å². The van der Waals surface area contributed by atoms with Crippen LogP contribution in [-0.4, -0.2) is 28.0 Å². The molecule has 30 heavy (non-hydrogen) atoms. The normalized spacial score (nSPS) is 11.0. The minimum atomic E-state index is -3.99. The number of para-hydroxylation sites is 1. The van der Waals surface area contributed by atoms with E-state index < -0.39 is 22.5 Å². The van der Waals surface area contributed by atoms with Crippen molar-refractivity contribution < 1.29 is 17.9 Å². The average Bonchev–Trinajstić information content (AvgIpc) is 2.77. The molecule has 156 valence electrons. The number of nitrogens with zero attached hydrogens (tertiary/aromatic N) is 1. The summed E-state index contributed by atoms with van der Waals surface area (Å²) < 4.78 is 32.6. The van der Waals surface area contributed by atoms with Crippen molar-refractivity contribution >= 4 is 33.2 Å². The number of hydrogen-bond acceptors (Lipinski definition) is 4. The number of nitrogens with one attached hydrogen (secondary N) is 1. The average molecular weight is 445 g/mol. The maximum atomic E-state index is 13.2. The summed E-state index contributed by atoms with van der Waals surface area (Å²) in [5.74, 6) is 0.258. The van der Waals surface area contributed by atoms with Crippen LogP contribution in [0.25, 0.3) is 0 Å². The van der Waals surface area contributed by atoms with Crippen molar-refractivity contribution in [3.63, 3.8) is 0 Å². The third-order valence-corrected chi connectivity index (χ3v) is 6.48. The first kappa shape index (κ1) is 21.7. The highest BCUT2D eigenvalue weighted by Crippen LogP contribution is 2.30. The Balaban J connectivity index is 1.82. The molecule has 1 N–H and O–H groups in total. The fourth-order valence-electron chi connectivity index (χ4n) is 2.80. The Morgan fingerprint density at radius 3 is 2.23 bits per heavy atom. The van der Waals surface area contributed by atoms with Gasteiger partial charge in [0.15, 0.2) is 0 Å². The summed E-state index contributed by atoms with van der Waals surface area (Å²) in [5, 5.41) is 2.99. The highest BCUT2D eigenvalue weighted by molar-refractivity contribution is 7.92. The molecule has 3 aromatic carbocycles. The van der Waals surface area contributed by atoms with Crippen LogP contribution in [-0.2, 0) is 21.4 Å². The van der Waals surface area contributed by atoms with Crippen LogP contribution >= 0.6 is 11.6 Å². The second-order valence-corrected chi connectivity index (χ2v) is 8.67. The van der Waals surface area contributed by atoms with E-state index in [4.69, 9.17) is 16.3 Å². The lowest BCUT2D eigenvalue weighted by Crippen LogP contribution is -2.40. The number of sulfonamides is 1. The third-order valence-electron chi connectivity index (χ3n) is 4.39. The van der Waals surface area contributed by atoms with Crippen molar-refractivity contribution in [2.24, 2.45) is 0 Å². The van der Waals surface area contributed by atoms with Gasteiger partial charge in [-0.15, -0.1) is 0 Å². The second-order valence-electron chi connectivity index (χ2n) is 6.40. The molecule has 0 aliphatic heterocycles. The first-order valence-electron chi connectivity index (χ1n) is 9.14. The number of carbonyl (C=O) groups excluding carboxylic acids is 1. The monoisotopic (exact) mass is 444 g/mol. The number of anilines is 1. The number of halogens is 1. The molecule has 0 bridgehead atoms. The molecule has 8 heteroatoms. The van der Waals surface area contributed by atoms with Gasteiger partial charge in [0, 0.05) is 6.54 Å². The zero-order chi connectivity index (χ0) is 21.6. The predicted octanol–water partition coefficient (Wildman–Crippen LogP) is 3.86. The summed E-state index contributed by atoms with van der Waals surface area (Å²) in [7, 11) is -2.42. The molecule has 0 unspecified atom stereocenters. The first-order valence-corrected chi connectivity index (χ1v) is 11.0. The molecular formula is C22H21ClN2O4S. The van der Waals surface area contributed by atoms with Crippen LogP contribution in [0.4, 0.5) is 5.69 Å². The van der Waals surface area contributed by atoms with Gasteiger partial charge < -0.3 is 10.1 Å². The smallest absolute Gasteiger partial charge is 0.264 e. The summed E-state index contributed by atoms with van der Waals surface area (Å²) in [5.41, 5.74) is 1.10. The maximum Gasteiger partial charge on any atom is 0.264 e. The zero-order valence-corrected chi connectivity index (χ0v) is 17.9. The quantitative estimate of drug-likeness (QED) is 0.572. The van der Waals surface area contributed by atoms with Crippen molar-refractivity contribution in [2.45, 2.75) is 11.4 Å². The molecule has 0 radical (unpaired) electrons. The minimum absolute atomic E-state index is 0.0767. The van der Waals surface area contributed by atoms with Crippen molar-refractivity contribution in [2.75, 3.05) is 18.0 Å². The van der Waals surface area contributed by atoms with E-state index >= 15 is 0 Å². The van der Waals surface area contributed by atoms with Gasteiger partial charge in [0.05, 0.1) is 22.7 Å². The molecule has 0 spiro atoms. The molecule has 0 saturated heterocycles. The van der Waals surface area contributed by atoms with Crippen LogP contribution in [0.3, 0.4) is 0 Å². The van der Waals surface area contributed by atoms with Gasteiger partial charge in [-0.05, 0) is 42.0 Å². The zero-order valence-electron chi connectivity index (χ0n) is 16.3. The summed E-state index contributed by atoms with van der Waals surface area (Å²) in [6, 6.07) is 21.7. The molecule has 0 aliphatic rings. The lowest BCUT2D eigenvalue weighted by atomic mass is 10.2. The van der Waals surface area contributed by atoms with E-state index in [1.54, 1.807) is 61.7 Å². The van der Waals surface area contributed by atoms with Crippen LogP contribution in [0.2, 0.25) is 5.02 Å². The number of methoxy groups -OCH3 is 1. The molecule has 0 fully saturated rings. The SMILES string of the molecule is COc1ccc(CNC(=O)CN(c2ccccc2Cl)S(=O)(=O)c2ccccc2)cc1. The number of amides is 1. The summed E-state index contributed by atoms with van der Waals surface area (Å²) >= 11 is 6.25. The largest absolute Gasteiger partial charge is 0.497 e. The van der Waals surface area contributed by atoms with Gasteiger partial charge in [-0.3, -0.25) is 9.10 Å². The van der Waals surface area contributed by atoms with E-state index in [1.807, 2.05) is 12.1 Å². The fraction of sp³-hybridized carbons (Fsp3) is 0.136. The van der Waals surface area contributed by atoms with Crippen molar-refractivity contribution in [3.05, 3.63) is 89.4 Å². The highest BCUT2D eigenvalue weighted by Gasteiger charge is 2.28. The minimum Gasteiger partial charge on any atom is -0.497 e. The van der Waals surface area contributed by atoms with E-state index in [0.29, 0.717) is 5.75 Å². The molecule has 1 amide bonds. The third kappa shape index (κ3) is 5.11. The molecule has 0 heterocycles. The molecule has 0 atom stereocenters. The van der Waals surface area contributed by atoms with Gasteiger partial charge in [0.1, 0.15) is 12.3 Å². The molecule has 3 rings (SSSR count). The lowest BCUT2D eigenvalue weighted by Gasteiger charge is -2.25.